The quantitative estimate of drug-likeness (QED) is 0.794. The van der Waals surface area contributed by atoms with Crippen LogP contribution in [0.2, 0.25) is 0 Å². The molecule has 3 rings (SSSR count). The number of imide groups is 1. The zero-order valence-corrected chi connectivity index (χ0v) is 14.3. The maximum atomic E-state index is 12.7. The molecule has 0 radical (unpaired) electrons. The van der Waals surface area contributed by atoms with Crippen molar-refractivity contribution in [3.05, 3.63) is 70.2 Å². The van der Waals surface area contributed by atoms with Crippen LogP contribution in [0.5, 0.6) is 0 Å². The fourth-order valence-electron chi connectivity index (χ4n) is 2.51. The Balaban J connectivity index is 1.85. The van der Waals surface area contributed by atoms with Crippen LogP contribution in [-0.4, -0.2) is 22.9 Å². The van der Waals surface area contributed by atoms with Crippen molar-refractivity contribution < 1.29 is 14.4 Å². The van der Waals surface area contributed by atoms with E-state index in [0.717, 1.165) is 5.01 Å². The van der Waals surface area contributed by atoms with E-state index in [0.29, 0.717) is 15.6 Å². The van der Waals surface area contributed by atoms with Crippen molar-refractivity contribution in [3.8, 4) is 0 Å². The normalized spacial score (nSPS) is 20.0. The topological polar surface area (TPSA) is 78.5 Å². The average Bonchev–Trinajstić information content (AvgIpc) is 2.80. The van der Waals surface area contributed by atoms with Crippen molar-refractivity contribution in [2.75, 3.05) is 0 Å². The van der Waals surface area contributed by atoms with Crippen molar-refractivity contribution in [1.29, 1.82) is 0 Å². The summed E-state index contributed by atoms with van der Waals surface area (Å²) < 4.78 is 0.570. The molecule has 2 aromatic rings. The lowest BCUT2D eigenvalue weighted by molar-refractivity contribution is -0.132. The molecule has 0 aliphatic carbocycles. The fraction of sp³-hybridized carbons (Fsp3) is 0.118. The minimum Gasteiger partial charge on any atom is -0.318 e. The number of rotatable bonds is 3. The van der Waals surface area contributed by atoms with E-state index in [1.807, 2.05) is 6.07 Å². The molecule has 1 aliphatic rings. The van der Waals surface area contributed by atoms with E-state index >= 15 is 0 Å². The highest BCUT2D eigenvalue weighted by Crippen LogP contribution is 2.28. The lowest BCUT2D eigenvalue weighted by Gasteiger charge is -2.22. The summed E-state index contributed by atoms with van der Waals surface area (Å²) in [5.41, 5.74) is 2.11. The van der Waals surface area contributed by atoms with E-state index in [9.17, 15) is 14.4 Å². The van der Waals surface area contributed by atoms with E-state index < -0.39 is 23.4 Å². The second-order valence-electron chi connectivity index (χ2n) is 5.48. The second-order valence-corrected chi connectivity index (χ2v) is 6.34. The van der Waals surface area contributed by atoms with Crippen LogP contribution in [0, 0.1) is 0 Å². The molecule has 1 fully saturated rings. The van der Waals surface area contributed by atoms with E-state index in [1.54, 1.807) is 55.5 Å². The van der Waals surface area contributed by atoms with Gasteiger partial charge < -0.3 is 5.32 Å². The first-order valence-corrected chi connectivity index (χ1v) is 8.00. The number of urea groups is 1. The van der Waals surface area contributed by atoms with Gasteiger partial charge in [0.15, 0.2) is 0 Å². The van der Waals surface area contributed by atoms with Crippen LogP contribution in [0.25, 0.3) is 0 Å². The van der Waals surface area contributed by atoms with E-state index in [1.165, 1.54) is 0 Å². The third-order valence-corrected chi connectivity index (χ3v) is 4.57. The second kappa shape index (κ2) is 6.09. The summed E-state index contributed by atoms with van der Waals surface area (Å²) in [6.07, 6.45) is 0. The number of nitrogens with one attached hydrogen (secondary N) is 2. The van der Waals surface area contributed by atoms with Gasteiger partial charge in [-0.05, 0) is 40.5 Å². The zero-order chi connectivity index (χ0) is 17.3. The molecule has 1 heterocycles. The maximum absolute atomic E-state index is 12.7. The molecule has 1 saturated heterocycles. The Bertz CT molecular complexity index is 825. The van der Waals surface area contributed by atoms with Crippen molar-refractivity contribution >= 4 is 33.8 Å². The Labute approximate surface area is 146 Å². The Morgan fingerprint density at radius 1 is 1.08 bits per heavy atom. The van der Waals surface area contributed by atoms with Crippen molar-refractivity contribution in [2.24, 2.45) is 0 Å². The van der Waals surface area contributed by atoms with Gasteiger partial charge in [-0.25, -0.2) is 4.79 Å². The number of hydrazine groups is 1. The predicted octanol–water partition coefficient (Wildman–Crippen LogP) is 2.56. The molecule has 0 bridgehead atoms. The Hall–Kier alpha value is -2.67. The summed E-state index contributed by atoms with van der Waals surface area (Å²) in [6.45, 7) is 1.60. The van der Waals surface area contributed by atoms with Crippen molar-refractivity contribution in [1.82, 2.24) is 15.8 Å². The van der Waals surface area contributed by atoms with Crippen LogP contribution >= 0.6 is 15.9 Å². The summed E-state index contributed by atoms with van der Waals surface area (Å²) in [7, 11) is 0. The lowest BCUT2D eigenvalue weighted by atomic mass is 9.92. The first-order valence-electron chi connectivity index (χ1n) is 7.21. The standard InChI is InChI=1S/C17H14BrN3O3/c1-17(11-7-3-2-4-8-11)15(23)21(16(24)19-17)20-14(22)12-9-5-6-10-13(12)18/h2-10H,1H3,(H,19,24)(H,20,22)/t17-/m0/s1. The average molecular weight is 388 g/mol. The summed E-state index contributed by atoms with van der Waals surface area (Å²) in [5, 5.41) is 3.35. The number of carbonyl (C=O) groups is 3. The number of carbonyl (C=O) groups excluding carboxylic acids is 3. The van der Waals surface area contributed by atoms with Gasteiger partial charge in [-0.15, -0.1) is 0 Å². The Morgan fingerprint density at radius 2 is 1.71 bits per heavy atom. The third-order valence-electron chi connectivity index (χ3n) is 3.87. The SMILES string of the molecule is C[C@@]1(c2ccccc2)NC(=O)N(NC(=O)c2ccccc2Br)C1=O. The molecule has 4 amide bonds. The van der Waals surface area contributed by atoms with Gasteiger partial charge >= 0.3 is 6.03 Å². The van der Waals surface area contributed by atoms with E-state index in [-0.39, 0.29) is 0 Å². The van der Waals surface area contributed by atoms with Gasteiger partial charge in [0.05, 0.1) is 5.56 Å². The highest BCUT2D eigenvalue weighted by atomic mass is 79.9. The molecular formula is C17H14BrN3O3. The van der Waals surface area contributed by atoms with Gasteiger partial charge in [0.1, 0.15) is 5.54 Å². The largest absolute Gasteiger partial charge is 0.344 e. The highest BCUT2D eigenvalue weighted by molar-refractivity contribution is 9.10. The molecule has 0 spiro atoms. The number of hydrogen-bond acceptors (Lipinski definition) is 3. The minimum atomic E-state index is -1.22. The summed E-state index contributed by atoms with van der Waals surface area (Å²) in [4.78, 5) is 37.2. The fourth-order valence-corrected chi connectivity index (χ4v) is 2.98. The Kier molecular flexibility index (Phi) is 4.11. The van der Waals surface area contributed by atoms with Crippen LogP contribution in [-0.2, 0) is 10.3 Å². The van der Waals surface area contributed by atoms with E-state index in [2.05, 4.69) is 26.7 Å². The number of nitrogens with zero attached hydrogens (tertiary/aromatic N) is 1. The molecule has 7 heteroatoms. The van der Waals surface area contributed by atoms with Crippen molar-refractivity contribution in [3.63, 3.8) is 0 Å². The first kappa shape index (κ1) is 16.2. The Morgan fingerprint density at radius 3 is 2.38 bits per heavy atom. The molecule has 24 heavy (non-hydrogen) atoms. The number of hydrogen-bond donors (Lipinski definition) is 2. The number of benzene rings is 2. The molecule has 0 saturated carbocycles. The molecule has 1 aliphatic heterocycles. The molecular weight excluding hydrogens is 374 g/mol. The van der Waals surface area contributed by atoms with Crippen LogP contribution in [0.1, 0.15) is 22.8 Å². The van der Waals surface area contributed by atoms with Gasteiger partial charge in [-0.1, -0.05) is 42.5 Å². The van der Waals surface area contributed by atoms with Gasteiger partial charge in [-0.3, -0.25) is 15.0 Å². The molecule has 0 unspecified atom stereocenters. The highest BCUT2D eigenvalue weighted by Gasteiger charge is 2.50. The van der Waals surface area contributed by atoms with Crippen LogP contribution in [0.4, 0.5) is 4.79 Å². The molecule has 0 aromatic heterocycles. The number of amides is 4. The van der Waals surface area contributed by atoms with Gasteiger partial charge in [-0.2, -0.15) is 5.01 Å². The van der Waals surface area contributed by atoms with E-state index in [4.69, 9.17) is 0 Å². The van der Waals surface area contributed by atoms with Crippen molar-refractivity contribution in [2.45, 2.75) is 12.5 Å². The zero-order valence-electron chi connectivity index (χ0n) is 12.7. The predicted molar refractivity (Wildman–Crippen MR) is 90.8 cm³/mol. The molecule has 1 atom stereocenters. The van der Waals surface area contributed by atoms with Crippen LogP contribution < -0.4 is 10.7 Å². The number of halogens is 1. The molecule has 122 valence electrons. The van der Waals surface area contributed by atoms with Crippen LogP contribution in [0.15, 0.2) is 59.1 Å². The summed E-state index contributed by atoms with van der Waals surface area (Å²) >= 11 is 3.27. The van der Waals surface area contributed by atoms with Gasteiger partial charge in [0.2, 0.25) is 0 Å². The first-order chi connectivity index (χ1) is 11.4. The summed E-state index contributed by atoms with van der Waals surface area (Å²) in [5.74, 6) is -1.10. The minimum absolute atomic E-state index is 0.325. The monoisotopic (exact) mass is 387 g/mol. The third kappa shape index (κ3) is 2.67. The molecule has 2 N–H and O–H groups in total. The smallest absolute Gasteiger partial charge is 0.318 e. The van der Waals surface area contributed by atoms with Crippen LogP contribution in [0.3, 0.4) is 0 Å². The summed E-state index contributed by atoms with van der Waals surface area (Å²) in [6, 6.07) is 15.0. The molecule has 2 aromatic carbocycles. The van der Waals surface area contributed by atoms with Gasteiger partial charge in [0, 0.05) is 4.47 Å². The molecule has 6 nitrogen and oxygen atoms in total. The maximum Gasteiger partial charge on any atom is 0.344 e. The lowest BCUT2D eigenvalue weighted by Crippen LogP contribution is -2.48. The van der Waals surface area contributed by atoms with Gasteiger partial charge in [0.25, 0.3) is 11.8 Å².